The Balaban J connectivity index is 1.55. The Hall–Kier alpha value is -4.85. The lowest BCUT2D eigenvalue weighted by molar-refractivity contribution is 0.101. The first-order chi connectivity index (χ1) is 16.5. The zero-order valence-electron chi connectivity index (χ0n) is 17.6. The van der Waals surface area contributed by atoms with E-state index in [1.807, 2.05) is 0 Å². The molecule has 0 aliphatic carbocycles. The number of furan rings is 1. The van der Waals surface area contributed by atoms with Crippen molar-refractivity contribution in [3.8, 4) is 5.69 Å². The summed E-state index contributed by atoms with van der Waals surface area (Å²) >= 11 is 0. The molecule has 0 aliphatic rings. The summed E-state index contributed by atoms with van der Waals surface area (Å²) in [5.41, 5.74) is 0.391. The molecule has 0 fully saturated rings. The number of aromatic nitrogens is 2. The van der Waals surface area contributed by atoms with E-state index in [9.17, 15) is 18.8 Å². The van der Waals surface area contributed by atoms with E-state index < -0.39 is 28.6 Å². The molecule has 5 aromatic rings. The van der Waals surface area contributed by atoms with Crippen LogP contribution >= 0.6 is 0 Å². The maximum Gasteiger partial charge on any atom is 0.280 e. The quantitative estimate of drug-likeness (QED) is 0.393. The fraction of sp³-hybridized carbons (Fsp3) is 0. The zero-order chi connectivity index (χ0) is 23.7. The van der Waals surface area contributed by atoms with Gasteiger partial charge in [-0.2, -0.15) is 5.10 Å². The topological polar surface area (TPSA) is 94.2 Å². The highest BCUT2D eigenvalue weighted by Crippen LogP contribution is 2.32. The van der Waals surface area contributed by atoms with Gasteiger partial charge in [-0.15, -0.1) is 0 Å². The molecule has 0 bridgehead atoms. The van der Waals surface area contributed by atoms with Gasteiger partial charge in [0.05, 0.1) is 11.4 Å². The molecule has 166 valence electrons. The molecule has 0 spiro atoms. The zero-order valence-corrected chi connectivity index (χ0v) is 17.6. The summed E-state index contributed by atoms with van der Waals surface area (Å²) in [6, 6.07) is 22.0. The second kappa shape index (κ2) is 8.59. The predicted molar refractivity (Wildman–Crippen MR) is 124 cm³/mol. The number of carbonyl (C=O) groups is 2. The SMILES string of the molecule is O=C(c1ccccc1)c1oc2ccccc2c1NC(=O)c1nn(-c2ccc(F)cc2)ccc1=O. The van der Waals surface area contributed by atoms with Crippen LogP contribution < -0.4 is 10.7 Å². The van der Waals surface area contributed by atoms with Gasteiger partial charge in [-0.05, 0) is 36.4 Å². The minimum atomic E-state index is -0.810. The fourth-order valence-electron chi connectivity index (χ4n) is 3.53. The molecule has 2 heterocycles. The molecule has 8 heteroatoms. The number of nitrogens with zero attached hydrogens (tertiary/aromatic N) is 2. The first kappa shape index (κ1) is 21.0. The largest absolute Gasteiger partial charge is 0.450 e. The van der Waals surface area contributed by atoms with Gasteiger partial charge in [0.1, 0.15) is 11.4 Å². The van der Waals surface area contributed by atoms with E-state index in [0.29, 0.717) is 22.2 Å². The summed E-state index contributed by atoms with van der Waals surface area (Å²) < 4.78 is 20.3. The molecule has 0 radical (unpaired) electrons. The third-order valence-electron chi connectivity index (χ3n) is 5.19. The Morgan fingerprint density at radius 1 is 0.882 bits per heavy atom. The monoisotopic (exact) mass is 453 g/mol. The molecule has 3 aromatic carbocycles. The molecule has 1 N–H and O–H groups in total. The molecule has 0 aliphatic heterocycles. The second-order valence-electron chi connectivity index (χ2n) is 7.40. The van der Waals surface area contributed by atoms with E-state index in [-0.39, 0.29) is 11.4 Å². The van der Waals surface area contributed by atoms with E-state index >= 15 is 0 Å². The van der Waals surface area contributed by atoms with E-state index in [1.165, 1.54) is 41.2 Å². The van der Waals surface area contributed by atoms with Crippen LogP contribution in [0.1, 0.15) is 26.6 Å². The van der Waals surface area contributed by atoms with Gasteiger partial charge in [-0.3, -0.25) is 14.4 Å². The third-order valence-corrected chi connectivity index (χ3v) is 5.19. The van der Waals surface area contributed by atoms with Gasteiger partial charge in [0.25, 0.3) is 5.91 Å². The average Bonchev–Trinajstić information content (AvgIpc) is 3.23. The number of hydrogen-bond acceptors (Lipinski definition) is 5. The molecule has 34 heavy (non-hydrogen) atoms. The van der Waals surface area contributed by atoms with Gasteiger partial charge in [0.2, 0.25) is 11.2 Å². The lowest BCUT2D eigenvalue weighted by Crippen LogP contribution is -2.26. The van der Waals surface area contributed by atoms with Crippen molar-refractivity contribution < 1.29 is 18.4 Å². The number of anilines is 1. The molecule has 5 rings (SSSR count). The van der Waals surface area contributed by atoms with Crippen molar-refractivity contribution in [1.82, 2.24) is 9.78 Å². The number of ketones is 1. The van der Waals surface area contributed by atoms with E-state index in [1.54, 1.807) is 54.6 Å². The smallest absolute Gasteiger partial charge is 0.280 e. The van der Waals surface area contributed by atoms with Crippen molar-refractivity contribution in [1.29, 1.82) is 0 Å². The molecule has 0 saturated heterocycles. The van der Waals surface area contributed by atoms with Crippen LogP contribution in [-0.2, 0) is 0 Å². The summed E-state index contributed by atoms with van der Waals surface area (Å²) in [5, 5.41) is 7.26. The summed E-state index contributed by atoms with van der Waals surface area (Å²) in [6.45, 7) is 0. The lowest BCUT2D eigenvalue weighted by atomic mass is 10.1. The van der Waals surface area contributed by atoms with Gasteiger partial charge in [0, 0.05) is 23.2 Å². The van der Waals surface area contributed by atoms with Crippen LogP contribution in [0.5, 0.6) is 0 Å². The number of rotatable bonds is 5. The number of nitrogens with one attached hydrogen (secondary N) is 1. The van der Waals surface area contributed by atoms with Gasteiger partial charge in [0.15, 0.2) is 11.5 Å². The van der Waals surface area contributed by atoms with Crippen LogP contribution in [0, 0.1) is 5.82 Å². The second-order valence-corrected chi connectivity index (χ2v) is 7.40. The van der Waals surface area contributed by atoms with Crippen molar-refractivity contribution in [3.63, 3.8) is 0 Å². The normalized spacial score (nSPS) is 10.9. The molecule has 0 unspecified atom stereocenters. The minimum Gasteiger partial charge on any atom is -0.450 e. The summed E-state index contributed by atoms with van der Waals surface area (Å²) in [4.78, 5) is 38.7. The molecule has 0 saturated carbocycles. The van der Waals surface area contributed by atoms with Crippen LogP contribution in [0.3, 0.4) is 0 Å². The van der Waals surface area contributed by atoms with Gasteiger partial charge in [-0.1, -0.05) is 42.5 Å². The maximum absolute atomic E-state index is 13.3. The number of benzene rings is 3. The Morgan fingerprint density at radius 2 is 1.59 bits per heavy atom. The van der Waals surface area contributed by atoms with E-state index in [0.717, 1.165) is 0 Å². The molecule has 7 nitrogen and oxygen atoms in total. The first-order valence-electron chi connectivity index (χ1n) is 10.3. The van der Waals surface area contributed by atoms with Crippen molar-refractivity contribution in [2.75, 3.05) is 5.32 Å². The minimum absolute atomic E-state index is 0.0597. The summed E-state index contributed by atoms with van der Waals surface area (Å²) in [5.74, 6) is -1.72. The number of amides is 1. The number of fused-ring (bicyclic) bond motifs is 1. The summed E-state index contributed by atoms with van der Waals surface area (Å²) in [7, 11) is 0. The first-order valence-corrected chi connectivity index (χ1v) is 10.3. The number of hydrogen-bond donors (Lipinski definition) is 1. The van der Waals surface area contributed by atoms with Crippen LogP contribution in [0.2, 0.25) is 0 Å². The summed E-state index contributed by atoms with van der Waals surface area (Å²) in [6.07, 6.45) is 1.38. The molecular weight excluding hydrogens is 437 g/mol. The molecule has 2 aromatic heterocycles. The highest BCUT2D eigenvalue weighted by Gasteiger charge is 2.25. The van der Waals surface area contributed by atoms with Crippen LogP contribution in [0.4, 0.5) is 10.1 Å². The van der Waals surface area contributed by atoms with Crippen LogP contribution in [-0.4, -0.2) is 21.5 Å². The third kappa shape index (κ3) is 3.88. The van der Waals surface area contributed by atoms with E-state index in [2.05, 4.69) is 10.4 Å². The number of para-hydroxylation sites is 1. The Kier molecular flexibility index (Phi) is 5.31. The fourth-order valence-corrected chi connectivity index (χ4v) is 3.53. The average molecular weight is 453 g/mol. The predicted octanol–water partition coefficient (Wildman–Crippen LogP) is 4.60. The van der Waals surface area contributed by atoms with Crippen LogP contribution in [0.15, 0.2) is 100 Å². The number of halogens is 1. The highest BCUT2D eigenvalue weighted by molar-refractivity contribution is 6.18. The Bertz CT molecular complexity index is 1590. The maximum atomic E-state index is 13.3. The molecule has 0 atom stereocenters. The van der Waals surface area contributed by atoms with Crippen molar-refractivity contribution in [3.05, 3.63) is 124 Å². The van der Waals surface area contributed by atoms with Crippen LogP contribution in [0.25, 0.3) is 16.7 Å². The van der Waals surface area contributed by atoms with Crippen molar-refractivity contribution in [2.24, 2.45) is 0 Å². The Morgan fingerprint density at radius 3 is 2.35 bits per heavy atom. The van der Waals surface area contributed by atoms with Gasteiger partial charge >= 0.3 is 0 Å². The molecule has 1 amide bonds. The van der Waals surface area contributed by atoms with Gasteiger partial charge < -0.3 is 9.73 Å². The standard InChI is InChI=1S/C26H16FN3O4/c27-17-10-12-18(13-11-17)30-15-14-20(31)23(29-30)26(33)28-22-19-8-4-5-9-21(19)34-25(22)24(32)16-6-2-1-3-7-16/h1-15H,(H,28,33). The van der Waals surface area contributed by atoms with Crippen molar-refractivity contribution >= 4 is 28.3 Å². The van der Waals surface area contributed by atoms with Crippen molar-refractivity contribution in [2.45, 2.75) is 0 Å². The lowest BCUT2D eigenvalue weighted by Gasteiger charge is -2.08. The Labute approximate surface area is 192 Å². The highest BCUT2D eigenvalue weighted by atomic mass is 19.1. The number of carbonyl (C=O) groups excluding carboxylic acids is 2. The van der Waals surface area contributed by atoms with Gasteiger partial charge in [-0.25, -0.2) is 9.07 Å². The molecular formula is C26H16FN3O4. The van der Waals surface area contributed by atoms with E-state index in [4.69, 9.17) is 4.42 Å².